The molecule has 17 heavy (non-hydrogen) atoms. The van der Waals surface area contributed by atoms with Gasteiger partial charge in [-0.3, -0.25) is 9.98 Å². The van der Waals surface area contributed by atoms with Crippen molar-refractivity contribution in [1.82, 2.24) is 4.98 Å². The summed E-state index contributed by atoms with van der Waals surface area (Å²) in [6.45, 7) is 0. The number of nitrogens with zero attached hydrogens (tertiary/aromatic N) is 2. The van der Waals surface area contributed by atoms with E-state index in [1.807, 2.05) is 30.4 Å². The molecule has 1 aromatic heterocycles. The normalized spacial score (nSPS) is 22.7. The fourth-order valence-electron chi connectivity index (χ4n) is 2.23. The van der Waals surface area contributed by atoms with Crippen LogP contribution in [0.5, 0.6) is 0 Å². The lowest BCUT2D eigenvalue weighted by Gasteiger charge is -2.13. The first-order chi connectivity index (χ1) is 8.27. The van der Waals surface area contributed by atoms with E-state index in [1.54, 1.807) is 6.20 Å². The molecule has 0 spiro atoms. The largest absolute Gasteiger partial charge is 0.383 e. The van der Waals surface area contributed by atoms with Crippen molar-refractivity contribution in [3.8, 4) is 0 Å². The van der Waals surface area contributed by atoms with Crippen LogP contribution in [0.15, 0.2) is 52.7 Å². The molecule has 1 atom stereocenters. The van der Waals surface area contributed by atoms with E-state index in [4.69, 9.17) is 11.1 Å². The average molecular weight is 224 g/mol. The molecule has 2 aliphatic rings. The number of aliphatic imine (C=N–C) groups is 1. The Hall–Kier alpha value is -2.23. The summed E-state index contributed by atoms with van der Waals surface area (Å²) >= 11 is 0. The van der Waals surface area contributed by atoms with Crippen molar-refractivity contribution in [2.24, 2.45) is 10.7 Å². The monoisotopic (exact) mass is 224 g/mol. The van der Waals surface area contributed by atoms with Crippen molar-refractivity contribution in [3.63, 3.8) is 0 Å². The third-order valence-corrected chi connectivity index (χ3v) is 3.00. The van der Waals surface area contributed by atoms with Crippen LogP contribution in [-0.4, -0.2) is 16.5 Å². The first-order valence-electron chi connectivity index (χ1n) is 5.50. The fourth-order valence-corrected chi connectivity index (χ4v) is 2.23. The molecule has 0 bridgehead atoms. The van der Waals surface area contributed by atoms with E-state index in [0.717, 1.165) is 16.8 Å². The smallest absolute Gasteiger partial charge is 0.128 e. The molecule has 1 aliphatic carbocycles. The van der Waals surface area contributed by atoms with Gasteiger partial charge in [0.1, 0.15) is 11.9 Å². The number of hydrogen-bond donors (Lipinski definition) is 2. The van der Waals surface area contributed by atoms with Gasteiger partial charge in [-0.1, -0.05) is 18.2 Å². The van der Waals surface area contributed by atoms with Crippen molar-refractivity contribution in [1.29, 1.82) is 5.41 Å². The molecule has 1 aromatic rings. The highest BCUT2D eigenvalue weighted by Crippen LogP contribution is 2.36. The molecule has 0 amide bonds. The minimum atomic E-state index is -0.150. The number of aromatic nitrogens is 1. The number of allylic oxidation sites excluding steroid dienone is 1. The van der Waals surface area contributed by atoms with E-state index in [1.165, 1.54) is 0 Å². The zero-order valence-corrected chi connectivity index (χ0v) is 9.22. The molecule has 0 aromatic carbocycles. The van der Waals surface area contributed by atoms with Gasteiger partial charge in [0.2, 0.25) is 0 Å². The number of amidine groups is 1. The Balaban J connectivity index is 2.10. The standard InChI is InChI=1S/C13H12N4/c14-9-5-3-4-8-11(9)13(15)17-12(8)10-6-1-2-7-16-10/h1-4,6-7,12,14H,5H2,(H2,15,17). The van der Waals surface area contributed by atoms with Gasteiger partial charge in [-0.05, 0) is 17.7 Å². The topological polar surface area (TPSA) is 75.1 Å². The van der Waals surface area contributed by atoms with Gasteiger partial charge in [-0.15, -0.1) is 0 Å². The Morgan fingerprint density at radius 1 is 1.35 bits per heavy atom. The summed E-state index contributed by atoms with van der Waals surface area (Å²) in [5, 5.41) is 7.91. The van der Waals surface area contributed by atoms with Crippen LogP contribution in [0.2, 0.25) is 0 Å². The number of nitrogens with one attached hydrogen (secondary N) is 1. The molecule has 2 heterocycles. The summed E-state index contributed by atoms with van der Waals surface area (Å²) < 4.78 is 0. The third kappa shape index (κ3) is 1.49. The van der Waals surface area contributed by atoms with Crippen molar-refractivity contribution >= 4 is 11.5 Å². The Morgan fingerprint density at radius 3 is 3.00 bits per heavy atom. The second-order valence-corrected chi connectivity index (χ2v) is 4.09. The fraction of sp³-hybridized carbons (Fsp3) is 0.154. The van der Waals surface area contributed by atoms with E-state index < -0.39 is 0 Å². The summed E-state index contributed by atoms with van der Waals surface area (Å²) in [7, 11) is 0. The zero-order chi connectivity index (χ0) is 11.8. The number of pyridine rings is 1. The average Bonchev–Trinajstić information content (AvgIpc) is 2.69. The molecule has 3 rings (SSSR count). The summed E-state index contributed by atoms with van der Waals surface area (Å²) in [6, 6.07) is 5.59. The number of nitrogens with two attached hydrogens (primary N) is 1. The second kappa shape index (κ2) is 3.66. The molecule has 0 fully saturated rings. The highest BCUT2D eigenvalue weighted by molar-refractivity contribution is 6.25. The van der Waals surface area contributed by atoms with Crippen LogP contribution in [-0.2, 0) is 0 Å². The van der Waals surface area contributed by atoms with Crippen LogP contribution in [0.4, 0.5) is 0 Å². The maximum absolute atomic E-state index is 7.91. The molecule has 1 aliphatic heterocycles. The lowest BCUT2D eigenvalue weighted by Crippen LogP contribution is -2.19. The second-order valence-electron chi connectivity index (χ2n) is 4.09. The highest BCUT2D eigenvalue weighted by Gasteiger charge is 2.30. The molecule has 1 unspecified atom stereocenters. The van der Waals surface area contributed by atoms with Gasteiger partial charge < -0.3 is 11.1 Å². The Morgan fingerprint density at radius 2 is 2.24 bits per heavy atom. The third-order valence-electron chi connectivity index (χ3n) is 3.00. The van der Waals surface area contributed by atoms with Gasteiger partial charge in [0.05, 0.1) is 5.69 Å². The molecule has 4 nitrogen and oxygen atoms in total. The molecule has 0 saturated heterocycles. The van der Waals surface area contributed by atoms with Crippen LogP contribution >= 0.6 is 0 Å². The summed E-state index contributed by atoms with van der Waals surface area (Å²) in [5.74, 6) is 0.463. The van der Waals surface area contributed by atoms with Crippen LogP contribution in [0.1, 0.15) is 18.2 Å². The summed E-state index contributed by atoms with van der Waals surface area (Å²) in [4.78, 5) is 8.73. The lowest BCUT2D eigenvalue weighted by molar-refractivity contribution is 0.843. The van der Waals surface area contributed by atoms with Crippen LogP contribution < -0.4 is 5.73 Å². The quantitative estimate of drug-likeness (QED) is 0.762. The van der Waals surface area contributed by atoms with Crippen molar-refractivity contribution in [2.45, 2.75) is 12.5 Å². The lowest BCUT2D eigenvalue weighted by atomic mass is 9.92. The van der Waals surface area contributed by atoms with Crippen molar-refractivity contribution in [3.05, 3.63) is 53.4 Å². The minimum absolute atomic E-state index is 0.150. The number of rotatable bonds is 1. The highest BCUT2D eigenvalue weighted by atomic mass is 15.0. The summed E-state index contributed by atoms with van der Waals surface area (Å²) in [6.07, 6.45) is 6.36. The minimum Gasteiger partial charge on any atom is -0.383 e. The zero-order valence-electron chi connectivity index (χ0n) is 9.22. The maximum Gasteiger partial charge on any atom is 0.128 e. The predicted molar refractivity (Wildman–Crippen MR) is 67.1 cm³/mol. The van der Waals surface area contributed by atoms with E-state index in [-0.39, 0.29) is 6.04 Å². The van der Waals surface area contributed by atoms with E-state index >= 15 is 0 Å². The van der Waals surface area contributed by atoms with E-state index in [9.17, 15) is 0 Å². The Kier molecular flexibility index (Phi) is 2.14. The number of hydrogen-bond acceptors (Lipinski definition) is 4. The predicted octanol–water partition coefficient (Wildman–Crippen LogP) is 1.77. The van der Waals surface area contributed by atoms with E-state index in [2.05, 4.69) is 9.98 Å². The molecule has 4 heteroatoms. The molecular weight excluding hydrogens is 212 g/mol. The van der Waals surface area contributed by atoms with Gasteiger partial charge in [0.15, 0.2) is 0 Å². The first-order valence-corrected chi connectivity index (χ1v) is 5.50. The van der Waals surface area contributed by atoms with Crippen molar-refractivity contribution < 1.29 is 0 Å². The van der Waals surface area contributed by atoms with Crippen LogP contribution in [0, 0.1) is 5.41 Å². The Bertz CT molecular complexity index is 566. The van der Waals surface area contributed by atoms with Gasteiger partial charge in [0, 0.05) is 23.9 Å². The maximum atomic E-state index is 7.91. The van der Waals surface area contributed by atoms with Gasteiger partial charge in [-0.25, -0.2) is 0 Å². The van der Waals surface area contributed by atoms with Gasteiger partial charge in [-0.2, -0.15) is 0 Å². The van der Waals surface area contributed by atoms with Gasteiger partial charge in [0.25, 0.3) is 0 Å². The van der Waals surface area contributed by atoms with E-state index in [0.29, 0.717) is 18.0 Å². The molecule has 3 N–H and O–H groups in total. The van der Waals surface area contributed by atoms with Crippen molar-refractivity contribution in [2.75, 3.05) is 0 Å². The van der Waals surface area contributed by atoms with Crippen LogP contribution in [0.3, 0.4) is 0 Å². The molecular formula is C13H12N4. The summed E-state index contributed by atoms with van der Waals surface area (Å²) in [5.41, 5.74) is 9.11. The first kappa shape index (κ1) is 9.96. The molecule has 0 radical (unpaired) electrons. The van der Waals surface area contributed by atoms with Gasteiger partial charge >= 0.3 is 0 Å². The Labute approximate surface area is 99.1 Å². The SMILES string of the molecule is N=C1CC=CC2=C1C(N)=NC2c1ccccn1. The molecule has 84 valence electrons. The molecule has 0 saturated carbocycles. The van der Waals surface area contributed by atoms with Crippen LogP contribution in [0.25, 0.3) is 0 Å².